The van der Waals surface area contributed by atoms with Crippen molar-refractivity contribution in [1.29, 1.82) is 0 Å². The average Bonchev–Trinajstić information content (AvgIpc) is 2.60. The predicted molar refractivity (Wildman–Crippen MR) is 102 cm³/mol. The zero-order valence-electron chi connectivity index (χ0n) is 15.3. The van der Waals surface area contributed by atoms with Crippen molar-refractivity contribution in [2.24, 2.45) is 5.41 Å². The van der Waals surface area contributed by atoms with E-state index >= 15 is 0 Å². The highest BCUT2D eigenvalue weighted by Crippen LogP contribution is 2.34. The molecule has 1 aliphatic rings. The fourth-order valence-electron chi connectivity index (χ4n) is 3.67. The molecule has 0 aliphatic heterocycles. The topological polar surface area (TPSA) is 24.9 Å². The molecule has 0 spiro atoms. The first kappa shape index (κ1) is 17.2. The number of rotatable bonds is 4. The minimum atomic E-state index is 0.139. The SMILES string of the molecule is CC(C)(C)C(NC1CCCCC1)c1cccc(-c2ccccc2)n1. The lowest BCUT2D eigenvalue weighted by molar-refractivity contribution is 0.222. The van der Waals surface area contributed by atoms with Gasteiger partial charge in [-0.15, -0.1) is 0 Å². The zero-order valence-corrected chi connectivity index (χ0v) is 15.3. The number of aromatic nitrogens is 1. The molecule has 1 aliphatic carbocycles. The Balaban J connectivity index is 1.87. The molecule has 1 aromatic carbocycles. The molecule has 0 amide bonds. The molecule has 1 atom stereocenters. The summed E-state index contributed by atoms with van der Waals surface area (Å²) in [5.74, 6) is 0. The van der Waals surface area contributed by atoms with Crippen molar-refractivity contribution in [2.45, 2.75) is 65.0 Å². The molecule has 24 heavy (non-hydrogen) atoms. The van der Waals surface area contributed by atoms with Crippen LogP contribution in [0.4, 0.5) is 0 Å². The van der Waals surface area contributed by atoms with Crippen LogP contribution in [-0.4, -0.2) is 11.0 Å². The Bertz CT molecular complexity index is 637. The van der Waals surface area contributed by atoms with Crippen molar-refractivity contribution in [2.75, 3.05) is 0 Å². The van der Waals surface area contributed by atoms with E-state index in [-0.39, 0.29) is 11.5 Å². The summed E-state index contributed by atoms with van der Waals surface area (Å²) >= 11 is 0. The van der Waals surface area contributed by atoms with Gasteiger partial charge in [-0.2, -0.15) is 0 Å². The molecule has 1 aromatic heterocycles. The lowest BCUT2D eigenvalue weighted by atomic mass is 9.82. The van der Waals surface area contributed by atoms with Crippen LogP contribution >= 0.6 is 0 Å². The molecular formula is C22H30N2. The van der Waals surface area contributed by atoms with Crippen molar-refractivity contribution < 1.29 is 0 Å². The van der Waals surface area contributed by atoms with E-state index in [1.165, 1.54) is 37.7 Å². The number of hydrogen-bond donors (Lipinski definition) is 1. The molecule has 128 valence electrons. The van der Waals surface area contributed by atoms with Crippen molar-refractivity contribution in [3.05, 3.63) is 54.2 Å². The highest BCUT2D eigenvalue weighted by molar-refractivity contribution is 5.58. The van der Waals surface area contributed by atoms with Crippen LogP contribution in [-0.2, 0) is 0 Å². The smallest absolute Gasteiger partial charge is 0.0706 e. The number of nitrogens with one attached hydrogen (secondary N) is 1. The van der Waals surface area contributed by atoms with Gasteiger partial charge in [-0.3, -0.25) is 4.98 Å². The Morgan fingerprint density at radius 1 is 0.917 bits per heavy atom. The largest absolute Gasteiger partial charge is 0.305 e. The van der Waals surface area contributed by atoms with E-state index in [4.69, 9.17) is 4.98 Å². The summed E-state index contributed by atoms with van der Waals surface area (Å²) in [6.07, 6.45) is 6.69. The van der Waals surface area contributed by atoms with Crippen LogP contribution in [0.25, 0.3) is 11.3 Å². The van der Waals surface area contributed by atoms with Gasteiger partial charge < -0.3 is 5.32 Å². The van der Waals surface area contributed by atoms with Gasteiger partial charge in [-0.05, 0) is 30.4 Å². The van der Waals surface area contributed by atoms with Crippen LogP contribution in [0, 0.1) is 5.41 Å². The lowest BCUT2D eigenvalue weighted by Gasteiger charge is -2.36. The Kier molecular flexibility index (Phi) is 5.35. The average molecular weight is 322 g/mol. The molecule has 3 rings (SSSR count). The van der Waals surface area contributed by atoms with Gasteiger partial charge in [0.1, 0.15) is 0 Å². The summed E-state index contributed by atoms with van der Waals surface area (Å²) in [6.45, 7) is 6.93. The molecule has 2 heteroatoms. The number of pyridine rings is 1. The molecule has 2 nitrogen and oxygen atoms in total. The van der Waals surface area contributed by atoms with E-state index in [0.717, 1.165) is 11.4 Å². The van der Waals surface area contributed by atoms with Gasteiger partial charge in [0, 0.05) is 11.6 Å². The third-order valence-electron chi connectivity index (χ3n) is 5.01. The Labute approximate surface area is 146 Å². The molecule has 2 aromatic rings. The van der Waals surface area contributed by atoms with Crippen molar-refractivity contribution in [1.82, 2.24) is 10.3 Å². The van der Waals surface area contributed by atoms with Crippen molar-refractivity contribution in [3.63, 3.8) is 0 Å². The van der Waals surface area contributed by atoms with Gasteiger partial charge >= 0.3 is 0 Å². The molecule has 1 saturated carbocycles. The van der Waals surface area contributed by atoms with Gasteiger partial charge in [0.25, 0.3) is 0 Å². The molecule has 0 bridgehead atoms. The summed E-state index contributed by atoms with van der Waals surface area (Å²) in [7, 11) is 0. The molecule has 1 N–H and O–H groups in total. The summed E-state index contributed by atoms with van der Waals surface area (Å²) in [5, 5.41) is 3.93. The Morgan fingerprint density at radius 2 is 1.62 bits per heavy atom. The minimum Gasteiger partial charge on any atom is -0.305 e. The molecular weight excluding hydrogens is 292 g/mol. The molecule has 0 radical (unpaired) electrons. The van der Waals surface area contributed by atoms with Gasteiger partial charge in [-0.25, -0.2) is 0 Å². The van der Waals surface area contributed by atoms with E-state index < -0.39 is 0 Å². The van der Waals surface area contributed by atoms with E-state index in [1.807, 2.05) is 0 Å². The predicted octanol–water partition coefficient (Wildman–Crippen LogP) is 5.76. The van der Waals surface area contributed by atoms with Crippen molar-refractivity contribution in [3.8, 4) is 11.3 Å². The van der Waals surface area contributed by atoms with Crippen molar-refractivity contribution >= 4 is 0 Å². The fraction of sp³-hybridized carbons (Fsp3) is 0.500. The third-order valence-corrected chi connectivity index (χ3v) is 5.01. The van der Waals surface area contributed by atoms with Crippen LogP contribution in [0.3, 0.4) is 0 Å². The standard InChI is InChI=1S/C22H30N2/c1-22(2,3)21(23-18-13-8-5-9-14-18)20-16-10-15-19(24-20)17-11-6-4-7-12-17/h4,6-7,10-12,15-16,18,21,23H,5,8-9,13-14H2,1-3H3. The zero-order chi connectivity index (χ0) is 17.0. The fourth-order valence-corrected chi connectivity index (χ4v) is 3.67. The number of nitrogens with zero attached hydrogens (tertiary/aromatic N) is 1. The van der Waals surface area contributed by atoms with Gasteiger partial charge in [0.2, 0.25) is 0 Å². The molecule has 1 heterocycles. The van der Waals surface area contributed by atoms with Crippen LogP contribution in [0.1, 0.15) is 64.6 Å². The number of hydrogen-bond acceptors (Lipinski definition) is 2. The minimum absolute atomic E-state index is 0.139. The third kappa shape index (κ3) is 4.24. The van der Waals surface area contributed by atoms with Gasteiger partial charge in [0.15, 0.2) is 0 Å². The monoisotopic (exact) mass is 322 g/mol. The summed E-state index contributed by atoms with van der Waals surface area (Å²) in [6, 6.07) is 17.8. The maximum Gasteiger partial charge on any atom is 0.0706 e. The second kappa shape index (κ2) is 7.48. The highest BCUT2D eigenvalue weighted by atomic mass is 15.0. The Morgan fingerprint density at radius 3 is 2.29 bits per heavy atom. The van der Waals surface area contributed by atoms with Gasteiger partial charge in [-0.1, -0.05) is 76.4 Å². The summed E-state index contributed by atoms with van der Waals surface area (Å²) in [4.78, 5) is 5.01. The maximum absolute atomic E-state index is 5.01. The van der Waals surface area contributed by atoms with E-state index in [9.17, 15) is 0 Å². The first-order valence-electron chi connectivity index (χ1n) is 9.32. The quantitative estimate of drug-likeness (QED) is 0.774. The maximum atomic E-state index is 5.01. The van der Waals surface area contributed by atoms with E-state index in [2.05, 4.69) is 74.6 Å². The van der Waals surface area contributed by atoms with E-state index in [0.29, 0.717) is 6.04 Å². The highest BCUT2D eigenvalue weighted by Gasteiger charge is 2.30. The van der Waals surface area contributed by atoms with Crippen LogP contribution < -0.4 is 5.32 Å². The Hall–Kier alpha value is -1.67. The number of benzene rings is 1. The molecule has 1 fully saturated rings. The second-order valence-electron chi connectivity index (χ2n) is 8.11. The molecule has 0 saturated heterocycles. The second-order valence-corrected chi connectivity index (χ2v) is 8.11. The van der Waals surface area contributed by atoms with Crippen LogP contribution in [0.2, 0.25) is 0 Å². The van der Waals surface area contributed by atoms with Crippen LogP contribution in [0.15, 0.2) is 48.5 Å². The molecule has 1 unspecified atom stereocenters. The van der Waals surface area contributed by atoms with Crippen LogP contribution in [0.5, 0.6) is 0 Å². The van der Waals surface area contributed by atoms with Gasteiger partial charge in [0.05, 0.1) is 17.4 Å². The first-order chi connectivity index (χ1) is 11.5. The summed E-state index contributed by atoms with van der Waals surface area (Å²) < 4.78 is 0. The normalized spacial score (nSPS) is 17.6. The van der Waals surface area contributed by atoms with E-state index in [1.54, 1.807) is 0 Å². The first-order valence-corrected chi connectivity index (χ1v) is 9.32. The lowest BCUT2D eigenvalue weighted by Crippen LogP contribution is -2.40. The summed E-state index contributed by atoms with van der Waals surface area (Å²) in [5.41, 5.74) is 3.55.